The average molecular weight is 430 g/mol. The first-order valence-corrected chi connectivity index (χ1v) is 10.5. The molecule has 0 saturated heterocycles. The van der Waals surface area contributed by atoms with Crippen molar-refractivity contribution in [2.24, 2.45) is 10.9 Å². The second-order valence-corrected chi connectivity index (χ2v) is 7.18. The van der Waals surface area contributed by atoms with Crippen LogP contribution in [-0.4, -0.2) is 47.0 Å². The minimum absolute atomic E-state index is 0.336. The Balaban J connectivity index is 1.92. The van der Waals surface area contributed by atoms with E-state index in [0.29, 0.717) is 42.9 Å². The summed E-state index contributed by atoms with van der Waals surface area (Å²) in [7, 11) is 4.82. The first kappa shape index (κ1) is 24.3. The molecule has 0 amide bonds. The van der Waals surface area contributed by atoms with Crippen molar-refractivity contribution in [3.05, 3.63) is 53.6 Å². The molecule has 2 aromatic carbocycles. The maximum atomic E-state index is 5.84. The summed E-state index contributed by atoms with van der Waals surface area (Å²) in [4.78, 5) is 4.70. The quantitative estimate of drug-likeness (QED) is 0.397. The highest BCUT2D eigenvalue weighted by atomic mass is 16.5. The molecule has 7 heteroatoms. The van der Waals surface area contributed by atoms with Crippen molar-refractivity contribution >= 4 is 5.96 Å². The Bertz CT molecular complexity index is 812. The Morgan fingerprint density at radius 2 is 1.68 bits per heavy atom. The Morgan fingerprint density at radius 3 is 2.32 bits per heavy atom. The van der Waals surface area contributed by atoms with Crippen molar-refractivity contribution in [1.29, 1.82) is 0 Å². The Kier molecular flexibility index (Phi) is 10.5. The van der Waals surface area contributed by atoms with E-state index in [-0.39, 0.29) is 0 Å². The third-order valence-electron chi connectivity index (χ3n) is 4.67. The van der Waals surface area contributed by atoms with Gasteiger partial charge in [-0.15, -0.1) is 0 Å². The van der Waals surface area contributed by atoms with Crippen molar-refractivity contribution in [3.8, 4) is 17.2 Å². The highest BCUT2D eigenvalue weighted by Crippen LogP contribution is 2.39. The standard InChI is InChI=1S/C24H35N3O4/c1-6-25-24(26-14-18(2)16-31-17-19-10-8-7-9-11-19)27-15-20-12-13-21(28-3)23(30-5)22(20)29-4/h7-13,18H,6,14-17H2,1-5H3,(H2,25,26,27). The first-order chi connectivity index (χ1) is 15.1. The molecular weight excluding hydrogens is 394 g/mol. The number of hydrogen-bond acceptors (Lipinski definition) is 5. The van der Waals surface area contributed by atoms with Crippen LogP contribution in [0.3, 0.4) is 0 Å². The average Bonchev–Trinajstić information content (AvgIpc) is 2.80. The molecule has 0 aliphatic rings. The van der Waals surface area contributed by atoms with Gasteiger partial charge in [0, 0.05) is 18.7 Å². The van der Waals surface area contributed by atoms with Crippen molar-refractivity contribution in [2.75, 3.05) is 41.0 Å². The monoisotopic (exact) mass is 429 g/mol. The SMILES string of the molecule is CCNC(=NCc1ccc(OC)c(OC)c1OC)NCC(C)COCc1ccccc1. The molecule has 1 unspecified atom stereocenters. The van der Waals surface area contributed by atoms with Crippen LogP contribution in [-0.2, 0) is 17.9 Å². The molecule has 0 bridgehead atoms. The summed E-state index contributed by atoms with van der Waals surface area (Å²) >= 11 is 0. The summed E-state index contributed by atoms with van der Waals surface area (Å²) in [5.41, 5.74) is 2.10. The maximum absolute atomic E-state index is 5.84. The third-order valence-corrected chi connectivity index (χ3v) is 4.67. The minimum atomic E-state index is 0.336. The van der Waals surface area contributed by atoms with Crippen LogP contribution >= 0.6 is 0 Å². The van der Waals surface area contributed by atoms with E-state index in [9.17, 15) is 0 Å². The fourth-order valence-electron chi connectivity index (χ4n) is 3.08. The maximum Gasteiger partial charge on any atom is 0.203 e. The van der Waals surface area contributed by atoms with Crippen molar-refractivity contribution in [2.45, 2.75) is 27.0 Å². The highest BCUT2D eigenvalue weighted by molar-refractivity contribution is 5.79. The Hall–Kier alpha value is -2.93. The second kappa shape index (κ2) is 13.4. The van der Waals surface area contributed by atoms with Gasteiger partial charge in [0.1, 0.15) is 0 Å². The van der Waals surface area contributed by atoms with Gasteiger partial charge in [-0.05, 0) is 30.5 Å². The zero-order chi connectivity index (χ0) is 22.5. The lowest BCUT2D eigenvalue weighted by Gasteiger charge is -2.17. The molecule has 0 aliphatic heterocycles. The summed E-state index contributed by atoms with van der Waals surface area (Å²) < 4.78 is 22.2. The van der Waals surface area contributed by atoms with Crippen LogP contribution in [0.15, 0.2) is 47.5 Å². The summed E-state index contributed by atoms with van der Waals surface area (Å²) in [6.45, 7) is 7.46. The molecule has 170 valence electrons. The molecule has 0 spiro atoms. The van der Waals surface area contributed by atoms with Gasteiger partial charge in [0.2, 0.25) is 5.75 Å². The van der Waals surface area contributed by atoms with Crippen molar-refractivity contribution < 1.29 is 18.9 Å². The second-order valence-electron chi connectivity index (χ2n) is 7.18. The van der Waals surface area contributed by atoms with E-state index >= 15 is 0 Å². The molecule has 2 rings (SSSR count). The van der Waals surface area contributed by atoms with Crippen LogP contribution in [0.1, 0.15) is 25.0 Å². The van der Waals surface area contributed by atoms with E-state index in [0.717, 1.165) is 24.6 Å². The highest BCUT2D eigenvalue weighted by Gasteiger charge is 2.15. The first-order valence-electron chi connectivity index (χ1n) is 10.5. The third kappa shape index (κ3) is 7.68. The zero-order valence-corrected chi connectivity index (χ0v) is 19.2. The van der Waals surface area contributed by atoms with E-state index in [2.05, 4.69) is 29.7 Å². The van der Waals surface area contributed by atoms with Crippen molar-refractivity contribution in [3.63, 3.8) is 0 Å². The predicted molar refractivity (Wildman–Crippen MR) is 124 cm³/mol. The molecule has 2 aromatic rings. The topological polar surface area (TPSA) is 73.3 Å². The van der Waals surface area contributed by atoms with E-state index < -0.39 is 0 Å². The van der Waals surface area contributed by atoms with E-state index in [1.165, 1.54) is 5.56 Å². The lowest BCUT2D eigenvalue weighted by molar-refractivity contribution is 0.0931. The fourth-order valence-corrected chi connectivity index (χ4v) is 3.08. The molecular formula is C24H35N3O4. The van der Waals surface area contributed by atoms with Gasteiger partial charge in [-0.2, -0.15) is 0 Å². The van der Waals surface area contributed by atoms with Gasteiger partial charge in [0.25, 0.3) is 0 Å². The fraction of sp³-hybridized carbons (Fsp3) is 0.458. The summed E-state index contributed by atoms with van der Waals surface area (Å²) in [6.07, 6.45) is 0. The van der Waals surface area contributed by atoms with Crippen LogP contribution in [0, 0.1) is 5.92 Å². The molecule has 7 nitrogen and oxygen atoms in total. The van der Waals surface area contributed by atoms with Crippen LogP contribution in [0.2, 0.25) is 0 Å². The number of aliphatic imine (C=N–C) groups is 1. The molecule has 31 heavy (non-hydrogen) atoms. The molecule has 0 radical (unpaired) electrons. The molecule has 0 saturated carbocycles. The van der Waals surface area contributed by atoms with Crippen molar-refractivity contribution in [1.82, 2.24) is 10.6 Å². The van der Waals surface area contributed by atoms with Gasteiger partial charge >= 0.3 is 0 Å². The molecule has 0 aliphatic carbocycles. The van der Waals surface area contributed by atoms with Crippen LogP contribution in [0.4, 0.5) is 0 Å². The van der Waals surface area contributed by atoms with Gasteiger partial charge in [-0.1, -0.05) is 37.3 Å². The Labute approximate surface area is 185 Å². The number of rotatable bonds is 12. The zero-order valence-electron chi connectivity index (χ0n) is 19.2. The number of hydrogen-bond donors (Lipinski definition) is 2. The molecule has 2 N–H and O–H groups in total. The largest absolute Gasteiger partial charge is 0.493 e. The summed E-state index contributed by atoms with van der Waals surface area (Å²) in [5.74, 6) is 2.91. The minimum Gasteiger partial charge on any atom is -0.493 e. The number of ether oxygens (including phenoxy) is 4. The number of guanidine groups is 1. The Morgan fingerprint density at radius 1 is 0.935 bits per heavy atom. The molecule has 0 heterocycles. The number of nitrogens with zero attached hydrogens (tertiary/aromatic N) is 1. The van der Waals surface area contributed by atoms with E-state index in [1.807, 2.05) is 37.3 Å². The van der Waals surface area contributed by atoms with Crippen LogP contribution < -0.4 is 24.8 Å². The number of nitrogens with one attached hydrogen (secondary N) is 2. The lowest BCUT2D eigenvalue weighted by atomic mass is 10.1. The van der Waals surface area contributed by atoms with Gasteiger partial charge in [-0.25, -0.2) is 4.99 Å². The van der Waals surface area contributed by atoms with E-state index in [4.69, 9.17) is 23.9 Å². The molecule has 0 fully saturated rings. The predicted octanol–water partition coefficient (Wildman–Crippen LogP) is 3.62. The smallest absolute Gasteiger partial charge is 0.203 e. The summed E-state index contributed by atoms with van der Waals surface area (Å²) in [6, 6.07) is 14.0. The van der Waals surface area contributed by atoms with Gasteiger partial charge < -0.3 is 29.6 Å². The van der Waals surface area contributed by atoms with Crippen LogP contribution in [0.25, 0.3) is 0 Å². The van der Waals surface area contributed by atoms with Gasteiger partial charge in [0.15, 0.2) is 17.5 Å². The van der Waals surface area contributed by atoms with Crippen LogP contribution in [0.5, 0.6) is 17.2 Å². The lowest BCUT2D eigenvalue weighted by Crippen LogP contribution is -2.40. The normalized spacial score (nSPS) is 12.2. The molecule has 0 aromatic heterocycles. The summed E-state index contributed by atoms with van der Waals surface area (Å²) in [5, 5.41) is 6.67. The number of benzene rings is 2. The van der Waals surface area contributed by atoms with E-state index in [1.54, 1.807) is 21.3 Å². The molecule has 1 atom stereocenters. The van der Waals surface area contributed by atoms with Gasteiger partial charge in [-0.3, -0.25) is 0 Å². The van der Waals surface area contributed by atoms with Gasteiger partial charge in [0.05, 0.1) is 41.1 Å². The number of methoxy groups -OCH3 is 3.